The van der Waals surface area contributed by atoms with E-state index >= 15 is 0 Å². The number of carbonyl (C=O) groups excluding carboxylic acids is 1. The Bertz CT molecular complexity index is 711. The van der Waals surface area contributed by atoms with Crippen molar-refractivity contribution in [3.63, 3.8) is 0 Å². The van der Waals surface area contributed by atoms with Crippen molar-refractivity contribution in [2.45, 2.75) is 32.7 Å². The molecule has 1 atom stereocenters. The highest BCUT2D eigenvalue weighted by atomic mass is 32.1. The smallest absolute Gasteiger partial charge is 0.312 e. The Kier molecular flexibility index (Phi) is 3.01. The Morgan fingerprint density at radius 3 is 2.70 bits per heavy atom. The van der Waals surface area contributed by atoms with Gasteiger partial charge in [-0.3, -0.25) is 9.59 Å². The summed E-state index contributed by atoms with van der Waals surface area (Å²) in [5.41, 5.74) is 3.24. The number of ketones is 1. The number of carboxylic acid groups (broad SMARTS) is 1. The van der Waals surface area contributed by atoms with E-state index in [0.717, 1.165) is 21.7 Å². The van der Waals surface area contributed by atoms with Gasteiger partial charge < -0.3 is 9.67 Å². The molecule has 0 radical (unpaired) electrons. The molecule has 0 bridgehead atoms. The Hall–Kier alpha value is -1.88. The predicted molar refractivity (Wildman–Crippen MR) is 76.7 cm³/mol. The molecule has 104 valence electrons. The molecule has 3 rings (SSSR count). The Balaban J connectivity index is 2.09. The number of aryl methyl sites for hydroxylation is 2. The molecule has 2 aromatic heterocycles. The van der Waals surface area contributed by atoms with Crippen LogP contribution in [0.2, 0.25) is 0 Å². The number of aliphatic carboxylic acids is 1. The minimum atomic E-state index is -0.812. The van der Waals surface area contributed by atoms with Crippen molar-refractivity contribution >= 4 is 23.1 Å². The second kappa shape index (κ2) is 4.59. The molecule has 5 heteroatoms. The molecule has 0 amide bonds. The molecule has 0 aromatic carbocycles. The molecule has 2 aromatic rings. The summed E-state index contributed by atoms with van der Waals surface area (Å²) in [5.74, 6) is -1.29. The Labute approximate surface area is 120 Å². The van der Waals surface area contributed by atoms with E-state index in [-0.39, 0.29) is 5.78 Å². The lowest BCUT2D eigenvalue weighted by atomic mass is 10.0. The van der Waals surface area contributed by atoms with Crippen LogP contribution in [0.5, 0.6) is 0 Å². The third kappa shape index (κ3) is 1.81. The van der Waals surface area contributed by atoms with E-state index < -0.39 is 11.9 Å². The number of aromatic nitrogens is 1. The Morgan fingerprint density at radius 2 is 2.10 bits per heavy atom. The average Bonchev–Trinajstić information content (AvgIpc) is 3.02. The third-order valence-electron chi connectivity index (χ3n) is 3.90. The monoisotopic (exact) mass is 289 g/mol. The van der Waals surface area contributed by atoms with Crippen molar-refractivity contribution in [1.29, 1.82) is 0 Å². The maximum Gasteiger partial charge on any atom is 0.312 e. The number of rotatable bonds is 3. The molecular formula is C15H15NO3S. The largest absolute Gasteiger partial charge is 0.481 e. The number of carbonyl (C=O) groups is 2. The summed E-state index contributed by atoms with van der Waals surface area (Å²) in [6.45, 7) is 4.40. The van der Waals surface area contributed by atoms with Crippen molar-refractivity contribution in [2.75, 3.05) is 0 Å². The molecule has 0 aliphatic carbocycles. The van der Waals surface area contributed by atoms with Crippen LogP contribution in [0, 0.1) is 13.8 Å². The SMILES string of the molecule is Cc1ccsc1C(=O)c1c(C)cc2n1CCC2C(=O)O. The second-order valence-electron chi connectivity index (χ2n) is 5.19. The fraction of sp³-hybridized carbons (Fsp3) is 0.333. The average molecular weight is 289 g/mol. The van der Waals surface area contributed by atoms with E-state index in [2.05, 4.69) is 0 Å². The summed E-state index contributed by atoms with van der Waals surface area (Å²) in [5, 5.41) is 11.1. The zero-order valence-corrected chi connectivity index (χ0v) is 12.2. The van der Waals surface area contributed by atoms with Crippen molar-refractivity contribution < 1.29 is 14.7 Å². The van der Waals surface area contributed by atoms with Gasteiger partial charge in [0, 0.05) is 12.2 Å². The van der Waals surface area contributed by atoms with E-state index in [1.54, 1.807) is 0 Å². The van der Waals surface area contributed by atoms with Crippen LogP contribution in [0.3, 0.4) is 0 Å². The summed E-state index contributed by atoms with van der Waals surface area (Å²) in [4.78, 5) is 24.7. The first kappa shape index (κ1) is 13.1. The summed E-state index contributed by atoms with van der Waals surface area (Å²) in [6.07, 6.45) is 0.564. The fourth-order valence-electron chi connectivity index (χ4n) is 2.91. The zero-order chi connectivity index (χ0) is 14.4. The normalized spacial score (nSPS) is 17.2. The first-order valence-corrected chi connectivity index (χ1v) is 7.40. The van der Waals surface area contributed by atoms with E-state index in [1.807, 2.05) is 35.9 Å². The maximum absolute atomic E-state index is 12.7. The van der Waals surface area contributed by atoms with Crippen molar-refractivity contribution in [3.8, 4) is 0 Å². The fourth-order valence-corrected chi connectivity index (χ4v) is 3.78. The first-order chi connectivity index (χ1) is 9.50. The standard InChI is InChI=1S/C15H15NO3S/c1-8-4-6-20-14(8)13(17)12-9(2)7-11-10(15(18)19)3-5-16(11)12/h4,6-7,10H,3,5H2,1-2H3,(H,18,19). The van der Waals surface area contributed by atoms with Gasteiger partial charge in [-0.05, 0) is 48.9 Å². The molecule has 0 fully saturated rings. The number of hydrogen-bond donors (Lipinski definition) is 1. The van der Waals surface area contributed by atoms with Gasteiger partial charge in [-0.1, -0.05) is 0 Å². The molecule has 0 saturated carbocycles. The lowest BCUT2D eigenvalue weighted by molar-refractivity contribution is -0.138. The molecule has 1 aliphatic rings. The van der Waals surface area contributed by atoms with E-state index in [4.69, 9.17) is 0 Å². The number of nitrogens with zero attached hydrogens (tertiary/aromatic N) is 1. The highest BCUT2D eigenvalue weighted by molar-refractivity contribution is 7.12. The maximum atomic E-state index is 12.7. The number of thiophene rings is 1. The van der Waals surface area contributed by atoms with Crippen molar-refractivity contribution in [1.82, 2.24) is 4.57 Å². The lowest BCUT2D eigenvalue weighted by Gasteiger charge is -2.06. The van der Waals surface area contributed by atoms with Gasteiger partial charge in [0.2, 0.25) is 5.78 Å². The van der Waals surface area contributed by atoms with Crippen LogP contribution in [0.1, 0.15) is 44.5 Å². The van der Waals surface area contributed by atoms with E-state index in [1.165, 1.54) is 11.3 Å². The molecule has 1 unspecified atom stereocenters. The molecule has 20 heavy (non-hydrogen) atoms. The van der Waals surface area contributed by atoms with Crippen LogP contribution in [-0.2, 0) is 11.3 Å². The Morgan fingerprint density at radius 1 is 1.35 bits per heavy atom. The number of hydrogen-bond acceptors (Lipinski definition) is 3. The van der Waals surface area contributed by atoms with Gasteiger partial charge >= 0.3 is 5.97 Å². The number of carboxylic acids is 1. The van der Waals surface area contributed by atoms with Crippen molar-refractivity contribution in [3.05, 3.63) is 44.9 Å². The molecular weight excluding hydrogens is 274 g/mol. The lowest BCUT2D eigenvalue weighted by Crippen LogP contribution is -2.10. The highest BCUT2D eigenvalue weighted by Gasteiger charge is 2.33. The van der Waals surface area contributed by atoms with Crippen LogP contribution in [0.4, 0.5) is 0 Å². The van der Waals surface area contributed by atoms with Gasteiger partial charge in [0.1, 0.15) is 0 Å². The van der Waals surface area contributed by atoms with Crippen LogP contribution in [0.25, 0.3) is 0 Å². The molecule has 1 aliphatic heterocycles. The molecule has 0 spiro atoms. The van der Waals surface area contributed by atoms with Gasteiger partial charge in [0.25, 0.3) is 0 Å². The van der Waals surface area contributed by atoms with E-state index in [9.17, 15) is 14.7 Å². The summed E-state index contributed by atoms with van der Waals surface area (Å²) < 4.78 is 1.88. The summed E-state index contributed by atoms with van der Waals surface area (Å²) in [7, 11) is 0. The van der Waals surface area contributed by atoms with Crippen LogP contribution >= 0.6 is 11.3 Å². The second-order valence-corrected chi connectivity index (χ2v) is 6.11. The summed E-state index contributed by atoms with van der Waals surface area (Å²) >= 11 is 1.44. The van der Waals surface area contributed by atoms with Gasteiger partial charge in [-0.15, -0.1) is 11.3 Å². The minimum Gasteiger partial charge on any atom is -0.481 e. The first-order valence-electron chi connectivity index (χ1n) is 6.52. The van der Waals surface area contributed by atoms with Gasteiger partial charge in [0.05, 0.1) is 16.5 Å². The highest BCUT2D eigenvalue weighted by Crippen LogP contribution is 2.34. The molecule has 4 nitrogen and oxygen atoms in total. The summed E-state index contributed by atoms with van der Waals surface area (Å²) in [6, 6.07) is 3.78. The third-order valence-corrected chi connectivity index (χ3v) is 4.91. The zero-order valence-electron chi connectivity index (χ0n) is 11.3. The molecule has 3 heterocycles. The van der Waals surface area contributed by atoms with Gasteiger partial charge in [0.15, 0.2) is 0 Å². The minimum absolute atomic E-state index is 0.00675. The molecule has 1 N–H and O–H groups in total. The van der Waals surface area contributed by atoms with Gasteiger partial charge in [-0.25, -0.2) is 0 Å². The van der Waals surface area contributed by atoms with E-state index in [0.29, 0.717) is 18.7 Å². The van der Waals surface area contributed by atoms with Crippen LogP contribution in [0.15, 0.2) is 17.5 Å². The van der Waals surface area contributed by atoms with Gasteiger partial charge in [-0.2, -0.15) is 0 Å². The topological polar surface area (TPSA) is 59.3 Å². The van der Waals surface area contributed by atoms with Crippen LogP contribution < -0.4 is 0 Å². The quantitative estimate of drug-likeness (QED) is 0.884. The number of fused-ring (bicyclic) bond motifs is 1. The molecule has 0 saturated heterocycles. The predicted octanol–water partition coefficient (Wildman–Crippen LogP) is 2.97. The van der Waals surface area contributed by atoms with Crippen LogP contribution in [-0.4, -0.2) is 21.4 Å². The van der Waals surface area contributed by atoms with Crippen molar-refractivity contribution in [2.24, 2.45) is 0 Å².